The first-order valence-corrected chi connectivity index (χ1v) is 9.35. The Labute approximate surface area is 166 Å². The van der Waals surface area contributed by atoms with Gasteiger partial charge in [-0.3, -0.25) is 4.79 Å². The van der Waals surface area contributed by atoms with Gasteiger partial charge in [-0.25, -0.2) is 23.7 Å². The first kappa shape index (κ1) is 19.2. The van der Waals surface area contributed by atoms with E-state index in [9.17, 15) is 13.6 Å². The van der Waals surface area contributed by atoms with Crippen molar-refractivity contribution in [3.8, 4) is 0 Å². The van der Waals surface area contributed by atoms with Crippen LogP contribution >= 0.6 is 0 Å². The van der Waals surface area contributed by atoms with Crippen LogP contribution in [0.3, 0.4) is 0 Å². The molecule has 4 rings (SSSR count). The molecule has 29 heavy (non-hydrogen) atoms. The molecule has 0 aliphatic carbocycles. The summed E-state index contributed by atoms with van der Waals surface area (Å²) in [5.41, 5.74) is 1.37. The smallest absolute Gasteiger partial charge is 0.258 e. The zero-order chi connectivity index (χ0) is 20.5. The number of rotatable bonds is 5. The number of carbonyl (C=O) groups is 1. The van der Waals surface area contributed by atoms with E-state index in [0.717, 1.165) is 0 Å². The summed E-state index contributed by atoms with van der Waals surface area (Å²) in [7, 11) is 0. The summed E-state index contributed by atoms with van der Waals surface area (Å²) in [6, 6.07) is 0.949. The van der Waals surface area contributed by atoms with E-state index in [1.807, 2.05) is 6.92 Å². The molecule has 2 N–H and O–H groups in total. The highest BCUT2D eigenvalue weighted by Crippen LogP contribution is 2.20. The third-order valence-electron chi connectivity index (χ3n) is 4.78. The molecule has 1 amide bonds. The van der Waals surface area contributed by atoms with Gasteiger partial charge in [0.15, 0.2) is 11.5 Å². The van der Waals surface area contributed by atoms with E-state index in [4.69, 9.17) is 0 Å². The van der Waals surface area contributed by atoms with Gasteiger partial charge in [0, 0.05) is 37.4 Å². The van der Waals surface area contributed by atoms with Gasteiger partial charge in [-0.15, -0.1) is 0 Å². The topological polar surface area (TPSA) is 87.5 Å². The molecular weight excluding hydrogens is 380 g/mol. The number of carbonyl (C=O) groups excluding carboxylic acids is 1. The van der Waals surface area contributed by atoms with Gasteiger partial charge in [0.05, 0.1) is 29.5 Å². The number of amides is 1. The molecule has 152 valence electrons. The summed E-state index contributed by atoms with van der Waals surface area (Å²) in [4.78, 5) is 26.7. The number of alkyl halides is 1. The Hall–Kier alpha value is -3.14. The lowest BCUT2D eigenvalue weighted by atomic mass is 10.2. The minimum Gasteiger partial charge on any atom is -0.336 e. The van der Waals surface area contributed by atoms with Gasteiger partial charge in [-0.05, 0) is 13.5 Å². The number of imidazole rings is 1. The van der Waals surface area contributed by atoms with Crippen LogP contribution in [-0.4, -0.2) is 57.1 Å². The average molecular weight is 401 g/mol. The highest BCUT2D eigenvalue weighted by Gasteiger charge is 2.33. The second kappa shape index (κ2) is 7.70. The van der Waals surface area contributed by atoms with Gasteiger partial charge < -0.3 is 19.9 Å². The molecular formula is C19H21F2N7O. The molecule has 10 heteroatoms. The molecule has 3 aromatic heterocycles. The van der Waals surface area contributed by atoms with Crippen molar-refractivity contribution in [1.29, 1.82) is 0 Å². The van der Waals surface area contributed by atoms with Crippen molar-refractivity contribution in [2.24, 2.45) is 0 Å². The molecule has 2 atom stereocenters. The zero-order valence-electron chi connectivity index (χ0n) is 16.1. The third-order valence-corrected chi connectivity index (χ3v) is 4.78. The van der Waals surface area contributed by atoms with Gasteiger partial charge in [-0.1, -0.05) is 6.92 Å². The van der Waals surface area contributed by atoms with E-state index < -0.39 is 17.9 Å². The summed E-state index contributed by atoms with van der Waals surface area (Å²) < 4.78 is 29.7. The molecule has 0 bridgehead atoms. The van der Waals surface area contributed by atoms with Crippen LogP contribution < -0.4 is 15.5 Å². The Morgan fingerprint density at radius 2 is 2.03 bits per heavy atom. The minimum atomic E-state index is -1.00. The van der Waals surface area contributed by atoms with Crippen molar-refractivity contribution in [2.45, 2.75) is 26.1 Å². The highest BCUT2D eigenvalue weighted by molar-refractivity contribution is 6.03. The maximum Gasteiger partial charge on any atom is 0.258 e. The molecule has 1 saturated heterocycles. The maximum atomic E-state index is 14.2. The van der Waals surface area contributed by atoms with E-state index in [1.165, 1.54) is 22.9 Å². The SMILES string of the molecule is CCN[C@@H]1CN(c2ncc(C(=O)Nc3cc(F)c4nc(C)cn4c3)cn2)C[C@@H]1F. The molecule has 0 unspecified atom stereocenters. The first-order chi connectivity index (χ1) is 13.9. The Morgan fingerprint density at radius 1 is 1.28 bits per heavy atom. The fourth-order valence-corrected chi connectivity index (χ4v) is 3.43. The minimum absolute atomic E-state index is 0.195. The van der Waals surface area contributed by atoms with Crippen LogP contribution in [0.2, 0.25) is 0 Å². The van der Waals surface area contributed by atoms with Crippen LogP contribution in [-0.2, 0) is 0 Å². The average Bonchev–Trinajstić information content (AvgIpc) is 3.25. The molecule has 0 radical (unpaired) electrons. The zero-order valence-corrected chi connectivity index (χ0v) is 16.1. The first-order valence-electron chi connectivity index (χ1n) is 9.35. The quantitative estimate of drug-likeness (QED) is 0.680. The Bertz CT molecular complexity index is 1040. The standard InChI is InChI=1S/C19H21F2N7O/c1-3-22-16-10-28(9-15(16)21)19-23-5-12(6-24-19)18(29)26-13-4-14(20)17-25-11(2)7-27(17)8-13/h4-8,15-16,22H,3,9-10H2,1-2H3,(H,26,29)/t15-,16+/m0/s1. The fourth-order valence-electron chi connectivity index (χ4n) is 3.43. The predicted octanol–water partition coefficient (Wildman–Crippen LogP) is 1.96. The molecule has 8 nitrogen and oxygen atoms in total. The number of pyridine rings is 1. The summed E-state index contributed by atoms with van der Waals surface area (Å²) in [6.07, 6.45) is 5.00. The van der Waals surface area contributed by atoms with Crippen molar-refractivity contribution in [1.82, 2.24) is 24.7 Å². The largest absolute Gasteiger partial charge is 0.336 e. The van der Waals surface area contributed by atoms with Gasteiger partial charge in [0.2, 0.25) is 5.95 Å². The number of nitrogens with one attached hydrogen (secondary N) is 2. The number of anilines is 2. The molecule has 3 aromatic rings. The second-order valence-electron chi connectivity index (χ2n) is 7.00. The predicted molar refractivity (Wildman–Crippen MR) is 104 cm³/mol. The number of halogens is 2. The van der Waals surface area contributed by atoms with Crippen molar-refractivity contribution in [3.05, 3.63) is 47.9 Å². The lowest BCUT2D eigenvalue weighted by Gasteiger charge is -2.16. The van der Waals surface area contributed by atoms with Crippen molar-refractivity contribution >= 4 is 23.2 Å². The molecule has 1 aliphatic rings. The number of aryl methyl sites for hydroxylation is 1. The van der Waals surface area contributed by atoms with E-state index in [-0.39, 0.29) is 29.5 Å². The maximum absolute atomic E-state index is 14.2. The molecule has 0 spiro atoms. The van der Waals surface area contributed by atoms with Crippen molar-refractivity contribution in [2.75, 3.05) is 29.9 Å². The van der Waals surface area contributed by atoms with Crippen LogP contribution in [0.15, 0.2) is 30.9 Å². The lowest BCUT2D eigenvalue weighted by Crippen LogP contribution is -2.37. The number of hydrogen-bond acceptors (Lipinski definition) is 6. The van der Waals surface area contributed by atoms with E-state index in [0.29, 0.717) is 24.7 Å². The number of nitrogens with zero attached hydrogens (tertiary/aromatic N) is 5. The van der Waals surface area contributed by atoms with Gasteiger partial charge >= 0.3 is 0 Å². The summed E-state index contributed by atoms with van der Waals surface area (Å²) in [5, 5.41) is 5.73. The van der Waals surface area contributed by atoms with Gasteiger partial charge in [0.1, 0.15) is 6.17 Å². The van der Waals surface area contributed by atoms with E-state index in [1.54, 1.807) is 24.2 Å². The molecule has 1 aliphatic heterocycles. The lowest BCUT2D eigenvalue weighted by molar-refractivity contribution is 0.102. The van der Waals surface area contributed by atoms with Gasteiger partial charge in [-0.2, -0.15) is 0 Å². The van der Waals surface area contributed by atoms with Crippen LogP contribution in [0.4, 0.5) is 20.4 Å². The van der Waals surface area contributed by atoms with Crippen LogP contribution in [0.5, 0.6) is 0 Å². The number of likely N-dealkylation sites (N-methyl/N-ethyl adjacent to an activating group) is 1. The number of fused-ring (bicyclic) bond motifs is 1. The van der Waals surface area contributed by atoms with Gasteiger partial charge in [0.25, 0.3) is 5.91 Å². The van der Waals surface area contributed by atoms with Crippen molar-refractivity contribution < 1.29 is 13.6 Å². The number of aromatic nitrogens is 4. The molecule has 0 saturated carbocycles. The van der Waals surface area contributed by atoms with E-state index in [2.05, 4.69) is 25.6 Å². The Morgan fingerprint density at radius 3 is 2.76 bits per heavy atom. The van der Waals surface area contributed by atoms with Crippen LogP contribution in [0.25, 0.3) is 5.65 Å². The van der Waals surface area contributed by atoms with Crippen LogP contribution in [0.1, 0.15) is 23.0 Å². The fraction of sp³-hybridized carbons (Fsp3) is 0.368. The highest BCUT2D eigenvalue weighted by atomic mass is 19.1. The second-order valence-corrected chi connectivity index (χ2v) is 7.00. The normalized spacial score (nSPS) is 19.1. The molecule has 1 fully saturated rings. The van der Waals surface area contributed by atoms with Crippen LogP contribution in [0, 0.1) is 12.7 Å². The van der Waals surface area contributed by atoms with Crippen molar-refractivity contribution in [3.63, 3.8) is 0 Å². The number of hydrogen-bond donors (Lipinski definition) is 2. The summed E-state index contributed by atoms with van der Waals surface area (Å²) >= 11 is 0. The molecule has 0 aromatic carbocycles. The van der Waals surface area contributed by atoms with E-state index >= 15 is 0 Å². The molecule has 4 heterocycles. The summed E-state index contributed by atoms with van der Waals surface area (Å²) in [5.74, 6) is -0.638. The Balaban J connectivity index is 1.46. The summed E-state index contributed by atoms with van der Waals surface area (Å²) in [6.45, 7) is 5.04. The third kappa shape index (κ3) is 3.88. The Kier molecular flexibility index (Phi) is 5.10. The monoisotopic (exact) mass is 401 g/mol.